The van der Waals surface area contributed by atoms with Crippen LogP contribution in [0.3, 0.4) is 0 Å². The predicted octanol–water partition coefficient (Wildman–Crippen LogP) is 2.57. The Labute approximate surface area is 160 Å². The van der Waals surface area contributed by atoms with E-state index in [4.69, 9.17) is 0 Å². The zero-order valence-corrected chi connectivity index (χ0v) is 16.4. The number of likely N-dealkylation sites (tertiary alicyclic amines) is 1. The first-order chi connectivity index (χ1) is 12.7. The minimum atomic E-state index is 0.0320. The number of nitrogens with one attached hydrogen (secondary N) is 2. The van der Waals surface area contributed by atoms with Gasteiger partial charge in [0.1, 0.15) is 0 Å². The number of hydrogen-bond acceptors (Lipinski definition) is 4. The molecule has 3 rings (SSSR count). The van der Waals surface area contributed by atoms with Gasteiger partial charge in [-0.25, -0.2) is 0 Å². The molecule has 5 nitrogen and oxygen atoms in total. The van der Waals surface area contributed by atoms with Crippen LogP contribution in [-0.2, 0) is 16.0 Å². The molecule has 1 aliphatic carbocycles. The van der Waals surface area contributed by atoms with E-state index in [1.807, 2.05) is 6.07 Å². The third-order valence-electron chi connectivity index (χ3n) is 5.47. The third-order valence-corrected chi connectivity index (χ3v) is 6.40. The number of rotatable bonds is 7. The highest BCUT2D eigenvalue weighted by Gasteiger charge is 2.28. The van der Waals surface area contributed by atoms with E-state index >= 15 is 0 Å². The number of carbonyl (C=O) groups excluding carboxylic acids is 2. The van der Waals surface area contributed by atoms with Crippen LogP contribution in [-0.4, -0.2) is 48.9 Å². The van der Waals surface area contributed by atoms with Crippen molar-refractivity contribution in [1.29, 1.82) is 0 Å². The molecule has 26 heavy (non-hydrogen) atoms. The first-order valence-electron chi connectivity index (χ1n) is 10.0. The molecule has 6 heteroatoms. The van der Waals surface area contributed by atoms with Crippen LogP contribution in [0.4, 0.5) is 0 Å². The smallest absolute Gasteiger partial charge is 0.234 e. The second-order valence-corrected chi connectivity index (χ2v) is 8.63. The van der Waals surface area contributed by atoms with E-state index in [1.54, 1.807) is 11.3 Å². The maximum absolute atomic E-state index is 12.6. The quantitative estimate of drug-likeness (QED) is 0.768. The van der Waals surface area contributed by atoms with Gasteiger partial charge < -0.3 is 10.6 Å². The van der Waals surface area contributed by atoms with Gasteiger partial charge in [0.25, 0.3) is 0 Å². The van der Waals surface area contributed by atoms with Crippen LogP contribution >= 0.6 is 11.3 Å². The number of hydrogen-bond donors (Lipinski definition) is 2. The molecule has 2 N–H and O–H groups in total. The van der Waals surface area contributed by atoms with E-state index in [0.29, 0.717) is 25.7 Å². The van der Waals surface area contributed by atoms with Crippen LogP contribution < -0.4 is 10.6 Å². The lowest BCUT2D eigenvalue weighted by molar-refractivity contribution is -0.129. The van der Waals surface area contributed by atoms with E-state index in [1.165, 1.54) is 24.1 Å². The SMILES string of the molecule is O=C(CN1CCCC(C(=O)NC2CCCCC2)C1)NCCc1cccs1. The van der Waals surface area contributed by atoms with Crippen LogP contribution in [0.2, 0.25) is 0 Å². The molecule has 0 spiro atoms. The number of amides is 2. The zero-order valence-electron chi connectivity index (χ0n) is 15.5. The van der Waals surface area contributed by atoms with Crippen molar-refractivity contribution in [3.05, 3.63) is 22.4 Å². The van der Waals surface area contributed by atoms with Crippen LogP contribution in [0.5, 0.6) is 0 Å². The topological polar surface area (TPSA) is 61.4 Å². The largest absolute Gasteiger partial charge is 0.355 e. The van der Waals surface area contributed by atoms with Gasteiger partial charge in [-0.05, 0) is 50.1 Å². The first-order valence-corrected chi connectivity index (χ1v) is 10.9. The third kappa shape index (κ3) is 6.09. The summed E-state index contributed by atoms with van der Waals surface area (Å²) in [7, 11) is 0. The van der Waals surface area contributed by atoms with Gasteiger partial charge in [0.2, 0.25) is 11.8 Å². The lowest BCUT2D eigenvalue weighted by atomic mass is 9.93. The Balaban J connectivity index is 1.36. The van der Waals surface area contributed by atoms with Crippen LogP contribution in [0.25, 0.3) is 0 Å². The van der Waals surface area contributed by atoms with Crippen molar-refractivity contribution in [3.63, 3.8) is 0 Å². The Morgan fingerprint density at radius 2 is 2.00 bits per heavy atom. The average Bonchev–Trinajstić information content (AvgIpc) is 3.16. The van der Waals surface area contributed by atoms with Crippen LogP contribution in [0.1, 0.15) is 49.8 Å². The number of piperidine rings is 1. The average molecular weight is 378 g/mol. The monoisotopic (exact) mass is 377 g/mol. The van der Waals surface area contributed by atoms with Gasteiger partial charge >= 0.3 is 0 Å². The fourth-order valence-electron chi connectivity index (χ4n) is 4.02. The van der Waals surface area contributed by atoms with Crippen molar-refractivity contribution < 1.29 is 9.59 Å². The van der Waals surface area contributed by atoms with E-state index in [-0.39, 0.29) is 17.7 Å². The van der Waals surface area contributed by atoms with E-state index in [0.717, 1.165) is 38.6 Å². The molecule has 1 saturated heterocycles. The van der Waals surface area contributed by atoms with Gasteiger partial charge in [-0.15, -0.1) is 11.3 Å². The van der Waals surface area contributed by atoms with E-state index in [9.17, 15) is 9.59 Å². The number of thiophene rings is 1. The molecular weight excluding hydrogens is 346 g/mol. The Hall–Kier alpha value is -1.40. The van der Waals surface area contributed by atoms with E-state index in [2.05, 4.69) is 27.0 Å². The lowest BCUT2D eigenvalue weighted by Gasteiger charge is -2.33. The maximum atomic E-state index is 12.6. The molecule has 1 aromatic heterocycles. The summed E-state index contributed by atoms with van der Waals surface area (Å²) in [5, 5.41) is 8.31. The molecule has 144 valence electrons. The molecule has 2 amide bonds. The standard InChI is InChI=1S/C20H31N3O2S/c24-19(21-11-10-18-9-5-13-26-18)15-23-12-4-6-16(14-23)20(25)22-17-7-2-1-3-8-17/h5,9,13,16-17H,1-4,6-8,10-12,14-15H2,(H,21,24)(H,22,25). The molecule has 1 aliphatic heterocycles. The molecule has 1 aromatic rings. The van der Waals surface area contributed by atoms with E-state index < -0.39 is 0 Å². The predicted molar refractivity (Wildman–Crippen MR) is 105 cm³/mol. The van der Waals surface area contributed by atoms with Crippen molar-refractivity contribution in [2.45, 2.75) is 57.4 Å². The maximum Gasteiger partial charge on any atom is 0.234 e. The summed E-state index contributed by atoms with van der Waals surface area (Å²) < 4.78 is 0. The van der Waals surface area contributed by atoms with Gasteiger partial charge in [-0.3, -0.25) is 14.5 Å². The summed E-state index contributed by atoms with van der Waals surface area (Å²) in [6.07, 6.45) is 8.81. The molecule has 1 atom stereocenters. The zero-order chi connectivity index (χ0) is 18.2. The van der Waals surface area contributed by atoms with Gasteiger partial charge in [0.15, 0.2) is 0 Å². The summed E-state index contributed by atoms with van der Waals surface area (Å²) >= 11 is 1.72. The molecule has 0 aromatic carbocycles. The summed E-state index contributed by atoms with van der Waals surface area (Å²) in [5.41, 5.74) is 0. The van der Waals surface area contributed by atoms with Crippen LogP contribution in [0.15, 0.2) is 17.5 Å². The molecular formula is C20H31N3O2S. The summed E-state index contributed by atoms with van der Waals surface area (Å²) in [4.78, 5) is 28.2. The molecule has 0 radical (unpaired) electrons. The van der Waals surface area contributed by atoms with Crippen molar-refractivity contribution in [2.24, 2.45) is 5.92 Å². The molecule has 1 saturated carbocycles. The lowest BCUT2D eigenvalue weighted by Crippen LogP contribution is -2.48. The summed E-state index contributed by atoms with van der Waals surface area (Å²) in [5.74, 6) is 0.291. The number of nitrogens with zero attached hydrogens (tertiary/aromatic N) is 1. The molecule has 2 heterocycles. The van der Waals surface area contributed by atoms with Gasteiger partial charge in [-0.1, -0.05) is 25.3 Å². The minimum absolute atomic E-state index is 0.0320. The highest BCUT2D eigenvalue weighted by molar-refractivity contribution is 7.09. The van der Waals surface area contributed by atoms with Crippen molar-refractivity contribution in [1.82, 2.24) is 15.5 Å². The number of carbonyl (C=O) groups is 2. The fourth-order valence-corrected chi connectivity index (χ4v) is 4.73. The Morgan fingerprint density at radius 1 is 1.15 bits per heavy atom. The molecule has 1 unspecified atom stereocenters. The Morgan fingerprint density at radius 3 is 2.77 bits per heavy atom. The van der Waals surface area contributed by atoms with Crippen molar-refractivity contribution >= 4 is 23.2 Å². The van der Waals surface area contributed by atoms with Crippen molar-refractivity contribution in [2.75, 3.05) is 26.2 Å². The van der Waals surface area contributed by atoms with Crippen LogP contribution in [0, 0.1) is 5.92 Å². The summed E-state index contributed by atoms with van der Waals surface area (Å²) in [6, 6.07) is 4.50. The molecule has 2 fully saturated rings. The second-order valence-electron chi connectivity index (χ2n) is 7.60. The fraction of sp³-hybridized carbons (Fsp3) is 0.700. The Kier molecular flexibility index (Phi) is 7.50. The van der Waals surface area contributed by atoms with Crippen molar-refractivity contribution in [3.8, 4) is 0 Å². The molecule has 0 bridgehead atoms. The van der Waals surface area contributed by atoms with Gasteiger partial charge in [0.05, 0.1) is 12.5 Å². The van der Waals surface area contributed by atoms with Gasteiger partial charge in [-0.2, -0.15) is 0 Å². The molecule has 2 aliphatic rings. The highest BCUT2D eigenvalue weighted by atomic mass is 32.1. The van der Waals surface area contributed by atoms with Gasteiger partial charge in [0, 0.05) is 24.0 Å². The normalized spacial score (nSPS) is 22.1. The Bertz CT molecular complexity index is 570. The second kappa shape index (κ2) is 10.1. The minimum Gasteiger partial charge on any atom is -0.355 e. The first kappa shape index (κ1) is 19.4. The summed E-state index contributed by atoms with van der Waals surface area (Å²) in [6.45, 7) is 2.69. The highest BCUT2D eigenvalue weighted by Crippen LogP contribution is 2.20.